The molecule has 14 heavy (non-hydrogen) atoms. The Kier molecular flexibility index (Phi) is 3.10. The summed E-state index contributed by atoms with van der Waals surface area (Å²) in [6, 6.07) is 1.88. The molecule has 2 saturated heterocycles. The van der Waals surface area contributed by atoms with Crippen molar-refractivity contribution in [3.63, 3.8) is 0 Å². The first-order chi connectivity index (χ1) is 6.81. The summed E-state index contributed by atoms with van der Waals surface area (Å²) < 4.78 is 0. The van der Waals surface area contributed by atoms with Crippen molar-refractivity contribution >= 4 is 0 Å². The second-order valence-corrected chi connectivity index (χ2v) is 4.57. The molecule has 2 nitrogen and oxygen atoms in total. The van der Waals surface area contributed by atoms with Crippen LogP contribution in [0.3, 0.4) is 0 Å². The van der Waals surface area contributed by atoms with Gasteiger partial charge in [-0.05, 0) is 32.6 Å². The van der Waals surface area contributed by atoms with Crippen LogP contribution in [0.5, 0.6) is 0 Å². The molecule has 2 atom stereocenters. The van der Waals surface area contributed by atoms with Gasteiger partial charge >= 0.3 is 0 Å². The largest absolute Gasteiger partial charge is 0.328 e. The third-order valence-corrected chi connectivity index (χ3v) is 3.60. The highest BCUT2D eigenvalue weighted by Crippen LogP contribution is 2.32. The molecule has 2 rings (SSSR count). The quantitative estimate of drug-likeness (QED) is 0.636. The summed E-state index contributed by atoms with van der Waals surface area (Å²) >= 11 is 0. The van der Waals surface area contributed by atoms with Crippen molar-refractivity contribution in [3.05, 3.63) is 0 Å². The van der Waals surface area contributed by atoms with Crippen molar-refractivity contribution in [3.8, 4) is 11.8 Å². The third-order valence-electron chi connectivity index (χ3n) is 3.60. The maximum atomic E-state index is 6.05. The van der Waals surface area contributed by atoms with E-state index < -0.39 is 0 Å². The molecule has 2 fully saturated rings. The second-order valence-electron chi connectivity index (χ2n) is 4.57. The van der Waals surface area contributed by atoms with Gasteiger partial charge in [-0.2, -0.15) is 0 Å². The van der Waals surface area contributed by atoms with Gasteiger partial charge in [0, 0.05) is 18.1 Å². The molecule has 2 bridgehead atoms. The molecule has 0 spiro atoms. The summed E-state index contributed by atoms with van der Waals surface area (Å²) in [6.07, 6.45) is 6.41. The van der Waals surface area contributed by atoms with Gasteiger partial charge < -0.3 is 5.73 Å². The SMILES string of the molecule is CC#CCN1C2CCCC1CC(N)C2. The van der Waals surface area contributed by atoms with E-state index in [1.165, 1.54) is 32.1 Å². The first-order valence-electron chi connectivity index (χ1n) is 5.72. The molecule has 0 radical (unpaired) electrons. The van der Waals surface area contributed by atoms with Crippen molar-refractivity contribution in [1.82, 2.24) is 4.90 Å². The first-order valence-corrected chi connectivity index (χ1v) is 5.72. The van der Waals surface area contributed by atoms with Crippen molar-refractivity contribution in [2.75, 3.05) is 6.54 Å². The number of rotatable bonds is 1. The zero-order valence-electron chi connectivity index (χ0n) is 9.00. The molecule has 2 aliphatic rings. The van der Waals surface area contributed by atoms with Crippen LogP contribution >= 0.6 is 0 Å². The number of hydrogen-bond acceptors (Lipinski definition) is 2. The molecular weight excluding hydrogens is 172 g/mol. The Morgan fingerprint density at radius 2 is 1.93 bits per heavy atom. The Morgan fingerprint density at radius 1 is 1.29 bits per heavy atom. The summed E-state index contributed by atoms with van der Waals surface area (Å²) in [5, 5.41) is 0. The van der Waals surface area contributed by atoms with Gasteiger partial charge in [-0.15, -0.1) is 5.92 Å². The molecule has 2 unspecified atom stereocenters. The van der Waals surface area contributed by atoms with Crippen molar-refractivity contribution < 1.29 is 0 Å². The summed E-state index contributed by atoms with van der Waals surface area (Å²) in [5.74, 6) is 6.19. The maximum absolute atomic E-state index is 6.05. The van der Waals surface area contributed by atoms with E-state index in [0.717, 1.165) is 18.6 Å². The second kappa shape index (κ2) is 4.33. The van der Waals surface area contributed by atoms with E-state index in [1.807, 2.05) is 6.92 Å². The van der Waals surface area contributed by atoms with Gasteiger partial charge in [0.15, 0.2) is 0 Å². The van der Waals surface area contributed by atoms with Gasteiger partial charge in [-0.25, -0.2) is 0 Å². The molecule has 0 aromatic heterocycles. The lowest BCUT2D eigenvalue weighted by Crippen LogP contribution is -2.55. The minimum absolute atomic E-state index is 0.441. The average Bonchev–Trinajstić information content (AvgIpc) is 2.14. The van der Waals surface area contributed by atoms with Crippen LogP contribution in [0.4, 0.5) is 0 Å². The predicted molar refractivity (Wildman–Crippen MR) is 58.8 cm³/mol. The van der Waals surface area contributed by atoms with Gasteiger partial charge in [0.2, 0.25) is 0 Å². The van der Waals surface area contributed by atoms with Crippen LogP contribution in [0.1, 0.15) is 39.0 Å². The highest BCUT2D eigenvalue weighted by atomic mass is 15.2. The van der Waals surface area contributed by atoms with Gasteiger partial charge in [0.1, 0.15) is 0 Å². The molecule has 0 amide bonds. The van der Waals surface area contributed by atoms with Gasteiger partial charge in [0.25, 0.3) is 0 Å². The van der Waals surface area contributed by atoms with Crippen LogP contribution in [0.2, 0.25) is 0 Å². The fourth-order valence-corrected chi connectivity index (χ4v) is 2.95. The van der Waals surface area contributed by atoms with Crippen LogP contribution in [-0.2, 0) is 0 Å². The molecule has 2 heteroatoms. The summed E-state index contributed by atoms with van der Waals surface area (Å²) in [5.41, 5.74) is 6.05. The van der Waals surface area contributed by atoms with E-state index in [4.69, 9.17) is 5.73 Å². The third kappa shape index (κ3) is 1.94. The summed E-state index contributed by atoms with van der Waals surface area (Å²) in [6.45, 7) is 2.88. The number of nitrogens with two attached hydrogens (primary N) is 1. The minimum Gasteiger partial charge on any atom is -0.328 e. The fraction of sp³-hybridized carbons (Fsp3) is 0.833. The van der Waals surface area contributed by atoms with Crippen LogP contribution < -0.4 is 5.73 Å². The lowest BCUT2D eigenvalue weighted by atomic mass is 9.82. The van der Waals surface area contributed by atoms with E-state index in [1.54, 1.807) is 0 Å². The van der Waals surface area contributed by atoms with E-state index in [-0.39, 0.29) is 0 Å². The highest BCUT2D eigenvalue weighted by Gasteiger charge is 2.36. The van der Waals surface area contributed by atoms with Crippen molar-refractivity contribution in [1.29, 1.82) is 0 Å². The average molecular weight is 192 g/mol. The first kappa shape index (κ1) is 10.0. The van der Waals surface area contributed by atoms with Crippen molar-refractivity contribution in [2.24, 2.45) is 5.73 Å². The Labute approximate surface area is 86.8 Å². The Morgan fingerprint density at radius 3 is 2.50 bits per heavy atom. The van der Waals surface area contributed by atoms with Crippen LogP contribution in [0.15, 0.2) is 0 Å². The van der Waals surface area contributed by atoms with E-state index in [9.17, 15) is 0 Å². The molecule has 78 valence electrons. The number of piperidine rings is 2. The highest BCUT2D eigenvalue weighted by molar-refractivity contribution is 5.03. The predicted octanol–water partition coefficient (Wildman–Crippen LogP) is 1.35. The standard InChI is InChI=1S/C12H20N2/c1-2-3-7-14-11-5-4-6-12(14)9-10(13)8-11/h10-12H,4-9,13H2,1H3. The van der Waals surface area contributed by atoms with Gasteiger partial charge in [-0.1, -0.05) is 12.3 Å². The monoisotopic (exact) mass is 192 g/mol. The number of nitrogens with zero attached hydrogens (tertiary/aromatic N) is 1. The number of hydrogen-bond donors (Lipinski definition) is 1. The summed E-state index contributed by atoms with van der Waals surface area (Å²) in [7, 11) is 0. The molecule has 2 N–H and O–H groups in total. The molecule has 0 aliphatic carbocycles. The topological polar surface area (TPSA) is 29.3 Å². The van der Waals surface area contributed by atoms with Crippen LogP contribution in [-0.4, -0.2) is 29.6 Å². The van der Waals surface area contributed by atoms with Crippen LogP contribution in [0.25, 0.3) is 0 Å². The van der Waals surface area contributed by atoms with Crippen molar-refractivity contribution in [2.45, 2.75) is 57.2 Å². The molecular formula is C12H20N2. The zero-order chi connectivity index (χ0) is 9.97. The normalized spacial score (nSPS) is 37.4. The Bertz CT molecular complexity index is 237. The molecule has 2 heterocycles. The summed E-state index contributed by atoms with van der Waals surface area (Å²) in [4.78, 5) is 2.59. The van der Waals surface area contributed by atoms with E-state index in [2.05, 4.69) is 16.7 Å². The Hall–Kier alpha value is -0.520. The molecule has 0 aromatic carbocycles. The van der Waals surface area contributed by atoms with Gasteiger partial charge in [-0.3, -0.25) is 4.90 Å². The van der Waals surface area contributed by atoms with Crippen LogP contribution in [0, 0.1) is 11.8 Å². The fourth-order valence-electron chi connectivity index (χ4n) is 2.95. The maximum Gasteiger partial charge on any atom is 0.0606 e. The van der Waals surface area contributed by atoms with E-state index >= 15 is 0 Å². The number of fused-ring (bicyclic) bond motifs is 2. The Balaban J connectivity index is 2.03. The minimum atomic E-state index is 0.441. The lowest BCUT2D eigenvalue weighted by molar-refractivity contribution is 0.0444. The zero-order valence-corrected chi connectivity index (χ0v) is 9.00. The molecule has 0 aromatic rings. The molecule has 0 saturated carbocycles. The molecule has 2 aliphatic heterocycles. The lowest BCUT2D eigenvalue weighted by Gasteiger charge is -2.47. The van der Waals surface area contributed by atoms with Gasteiger partial charge in [0.05, 0.1) is 6.54 Å². The van der Waals surface area contributed by atoms with E-state index in [0.29, 0.717) is 6.04 Å². The smallest absolute Gasteiger partial charge is 0.0606 e.